The minimum absolute atomic E-state index is 0.328. The number of nitrogens with zero attached hydrogens (tertiary/aromatic N) is 1. The molecule has 0 fully saturated rings. The van der Waals surface area contributed by atoms with Crippen LogP contribution in [0.5, 0.6) is 0 Å². The number of thiophene rings is 1. The van der Waals surface area contributed by atoms with Gasteiger partial charge in [0.2, 0.25) is 0 Å². The van der Waals surface area contributed by atoms with E-state index in [0.29, 0.717) is 16.0 Å². The molecule has 0 bridgehead atoms. The van der Waals surface area contributed by atoms with Gasteiger partial charge in [-0.3, -0.25) is 9.59 Å². The van der Waals surface area contributed by atoms with E-state index in [1.165, 1.54) is 11.3 Å². The maximum Gasteiger partial charge on any atom is 0.350 e. The smallest absolute Gasteiger partial charge is 0.350 e. The van der Waals surface area contributed by atoms with Crippen molar-refractivity contribution in [3.8, 4) is 11.1 Å². The maximum absolute atomic E-state index is 12.5. The van der Waals surface area contributed by atoms with E-state index in [0.717, 1.165) is 16.0 Å². The second-order valence-corrected chi connectivity index (χ2v) is 6.59. The number of hydrogen-bond donors (Lipinski definition) is 0. The number of benzene rings is 2. The van der Waals surface area contributed by atoms with Crippen molar-refractivity contribution in [1.29, 1.82) is 0 Å². The van der Waals surface area contributed by atoms with Gasteiger partial charge in [0.15, 0.2) is 6.73 Å². The summed E-state index contributed by atoms with van der Waals surface area (Å²) in [5.41, 5.74) is 2.33. The van der Waals surface area contributed by atoms with Crippen LogP contribution in [0.15, 0.2) is 66.0 Å². The van der Waals surface area contributed by atoms with E-state index in [1.54, 1.807) is 29.6 Å². The Morgan fingerprint density at radius 1 is 0.846 bits per heavy atom. The van der Waals surface area contributed by atoms with Crippen LogP contribution >= 0.6 is 11.3 Å². The van der Waals surface area contributed by atoms with E-state index < -0.39 is 24.5 Å². The third-order valence-electron chi connectivity index (χ3n) is 4.14. The topological polar surface area (TPSA) is 63.7 Å². The molecule has 0 aliphatic carbocycles. The zero-order valence-electron chi connectivity index (χ0n) is 13.5. The summed E-state index contributed by atoms with van der Waals surface area (Å²) < 4.78 is 5.26. The Morgan fingerprint density at radius 2 is 1.46 bits per heavy atom. The largest absolute Gasteiger partial charge is 0.439 e. The lowest BCUT2D eigenvalue weighted by atomic mass is 10.1. The summed E-state index contributed by atoms with van der Waals surface area (Å²) in [6.45, 7) is -0.405. The second kappa shape index (κ2) is 6.57. The van der Waals surface area contributed by atoms with Gasteiger partial charge < -0.3 is 4.74 Å². The fraction of sp³-hybridized carbons (Fsp3) is 0.0500. The first kappa shape index (κ1) is 16.2. The number of amides is 2. The Labute approximate surface area is 153 Å². The van der Waals surface area contributed by atoms with Crippen molar-refractivity contribution in [2.24, 2.45) is 0 Å². The van der Waals surface area contributed by atoms with Crippen molar-refractivity contribution < 1.29 is 19.1 Å². The molecule has 1 aliphatic heterocycles. The molecule has 4 rings (SSSR count). The first-order valence-electron chi connectivity index (χ1n) is 7.92. The van der Waals surface area contributed by atoms with Crippen LogP contribution in [0.3, 0.4) is 0 Å². The highest BCUT2D eigenvalue weighted by Crippen LogP contribution is 2.29. The zero-order chi connectivity index (χ0) is 18.1. The van der Waals surface area contributed by atoms with E-state index in [-0.39, 0.29) is 0 Å². The van der Waals surface area contributed by atoms with Crippen molar-refractivity contribution in [3.05, 3.63) is 82.0 Å². The van der Waals surface area contributed by atoms with Crippen LogP contribution in [0.1, 0.15) is 30.4 Å². The SMILES string of the molecule is O=C(OCN1C(=O)c2ccccc2C1=O)c1sccc1-c1ccccc1. The molecule has 6 heteroatoms. The third-order valence-corrected chi connectivity index (χ3v) is 5.03. The Morgan fingerprint density at radius 3 is 2.12 bits per heavy atom. The van der Waals surface area contributed by atoms with Gasteiger partial charge in [0.1, 0.15) is 4.88 Å². The lowest BCUT2D eigenvalue weighted by molar-refractivity contribution is 0.0232. The number of ether oxygens (including phenoxy) is 1. The zero-order valence-corrected chi connectivity index (χ0v) is 14.4. The molecule has 1 aliphatic rings. The molecule has 0 unspecified atom stereocenters. The second-order valence-electron chi connectivity index (χ2n) is 5.67. The first-order valence-corrected chi connectivity index (χ1v) is 8.80. The predicted octanol–water partition coefficient (Wildman–Crippen LogP) is 3.83. The molecule has 0 saturated carbocycles. The predicted molar refractivity (Wildman–Crippen MR) is 97.0 cm³/mol. The van der Waals surface area contributed by atoms with Crippen molar-refractivity contribution in [1.82, 2.24) is 4.90 Å². The minimum atomic E-state index is -0.560. The third kappa shape index (κ3) is 2.70. The number of fused-ring (bicyclic) bond motifs is 1. The summed E-state index contributed by atoms with van der Waals surface area (Å²) in [5, 5.41) is 1.81. The lowest BCUT2D eigenvalue weighted by Crippen LogP contribution is -2.33. The highest BCUT2D eigenvalue weighted by Gasteiger charge is 2.36. The molecule has 0 radical (unpaired) electrons. The van der Waals surface area contributed by atoms with Gasteiger partial charge in [-0.25, -0.2) is 9.69 Å². The van der Waals surface area contributed by atoms with Crippen LogP contribution in [0.25, 0.3) is 11.1 Å². The van der Waals surface area contributed by atoms with Crippen LogP contribution in [0.2, 0.25) is 0 Å². The van der Waals surface area contributed by atoms with Gasteiger partial charge in [0.25, 0.3) is 11.8 Å². The molecule has 0 N–H and O–H groups in total. The fourth-order valence-electron chi connectivity index (χ4n) is 2.86. The number of rotatable bonds is 4. The molecular formula is C20H13NO4S. The highest BCUT2D eigenvalue weighted by atomic mass is 32.1. The maximum atomic E-state index is 12.5. The molecule has 0 atom stereocenters. The van der Waals surface area contributed by atoms with Crippen LogP contribution < -0.4 is 0 Å². The average molecular weight is 363 g/mol. The number of imide groups is 1. The van der Waals surface area contributed by atoms with Gasteiger partial charge in [-0.15, -0.1) is 11.3 Å². The van der Waals surface area contributed by atoms with Gasteiger partial charge in [-0.1, -0.05) is 42.5 Å². The highest BCUT2D eigenvalue weighted by molar-refractivity contribution is 7.12. The quantitative estimate of drug-likeness (QED) is 0.522. The van der Waals surface area contributed by atoms with Crippen LogP contribution in [-0.2, 0) is 4.74 Å². The summed E-state index contributed by atoms with van der Waals surface area (Å²) in [6.07, 6.45) is 0. The van der Waals surface area contributed by atoms with E-state index in [2.05, 4.69) is 0 Å². The molecule has 0 spiro atoms. The Hall–Kier alpha value is -3.25. The monoisotopic (exact) mass is 363 g/mol. The molecule has 1 aromatic heterocycles. The number of carbonyl (C=O) groups excluding carboxylic acids is 3. The van der Waals surface area contributed by atoms with Crippen LogP contribution in [0, 0.1) is 0 Å². The Kier molecular flexibility index (Phi) is 4.10. The van der Waals surface area contributed by atoms with Crippen LogP contribution in [-0.4, -0.2) is 29.4 Å². The van der Waals surface area contributed by atoms with Crippen molar-refractivity contribution in [2.75, 3.05) is 6.73 Å². The van der Waals surface area contributed by atoms with E-state index >= 15 is 0 Å². The fourth-order valence-corrected chi connectivity index (χ4v) is 3.67. The van der Waals surface area contributed by atoms with Gasteiger partial charge in [-0.2, -0.15) is 0 Å². The van der Waals surface area contributed by atoms with Crippen molar-refractivity contribution in [2.45, 2.75) is 0 Å². The Bertz CT molecular complexity index is 974. The number of esters is 1. The standard InChI is InChI=1S/C20H13NO4S/c22-18-15-8-4-5-9-16(15)19(23)21(18)12-25-20(24)17-14(10-11-26-17)13-6-2-1-3-7-13/h1-11H,12H2. The number of hydrogen-bond acceptors (Lipinski definition) is 5. The molecule has 5 nitrogen and oxygen atoms in total. The molecule has 26 heavy (non-hydrogen) atoms. The molecule has 2 aromatic carbocycles. The van der Waals surface area contributed by atoms with E-state index in [4.69, 9.17) is 4.74 Å². The summed E-state index contributed by atoms with van der Waals surface area (Å²) in [5.74, 6) is -1.46. The summed E-state index contributed by atoms with van der Waals surface area (Å²) >= 11 is 1.26. The summed E-state index contributed by atoms with van der Waals surface area (Å²) in [4.78, 5) is 38.5. The Balaban J connectivity index is 1.50. The van der Waals surface area contributed by atoms with E-state index in [1.807, 2.05) is 36.4 Å². The van der Waals surface area contributed by atoms with Gasteiger partial charge in [-0.05, 0) is 29.1 Å². The van der Waals surface area contributed by atoms with E-state index in [9.17, 15) is 14.4 Å². The number of carbonyl (C=O) groups is 3. The molecule has 2 amide bonds. The van der Waals surface area contributed by atoms with Gasteiger partial charge in [0.05, 0.1) is 11.1 Å². The molecule has 2 heterocycles. The molecule has 128 valence electrons. The summed E-state index contributed by atoms with van der Waals surface area (Å²) in [7, 11) is 0. The molecular weight excluding hydrogens is 350 g/mol. The average Bonchev–Trinajstić information content (AvgIpc) is 3.26. The summed E-state index contributed by atoms with van der Waals surface area (Å²) in [6, 6.07) is 17.9. The van der Waals surface area contributed by atoms with Crippen molar-refractivity contribution >= 4 is 29.1 Å². The van der Waals surface area contributed by atoms with Gasteiger partial charge >= 0.3 is 5.97 Å². The normalized spacial score (nSPS) is 13.0. The lowest BCUT2D eigenvalue weighted by Gasteiger charge is -2.14. The van der Waals surface area contributed by atoms with Crippen LogP contribution in [0.4, 0.5) is 0 Å². The molecule has 0 saturated heterocycles. The van der Waals surface area contributed by atoms with Crippen molar-refractivity contribution in [3.63, 3.8) is 0 Å². The minimum Gasteiger partial charge on any atom is -0.439 e. The van der Waals surface area contributed by atoms with Gasteiger partial charge in [0, 0.05) is 5.56 Å². The molecule has 3 aromatic rings. The first-order chi connectivity index (χ1) is 12.7.